The van der Waals surface area contributed by atoms with Crippen LogP contribution in [0.4, 0.5) is 0 Å². The van der Waals surface area contributed by atoms with Crippen LogP contribution in [0.25, 0.3) is 0 Å². The number of hydrogen-bond donors (Lipinski definition) is 2. The maximum atomic E-state index is 9.91. The van der Waals surface area contributed by atoms with Crippen molar-refractivity contribution in [2.24, 2.45) is 5.73 Å². The summed E-state index contributed by atoms with van der Waals surface area (Å²) in [5, 5.41) is 9.91. The molecule has 0 aliphatic carbocycles. The van der Waals surface area contributed by atoms with Crippen LogP contribution in [0.3, 0.4) is 0 Å². The Bertz CT molecular complexity index is 326. The molecule has 3 heteroatoms. The Morgan fingerprint density at radius 1 is 1.38 bits per heavy atom. The van der Waals surface area contributed by atoms with E-state index in [1.807, 2.05) is 12.1 Å². The average molecular weight is 223 g/mol. The summed E-state index contributed by atoms with van der Waals surface area (Å²) in [4.78, 5) is 0. The molecule has 0 unspecified atom stereocenters. The van der Waals surface area contributed by atoms with E-state index >= 15 is 0 Å². The minimum absolute atomic E-state index is 0.110. The van der Waals surface area contributed by atoms with Crippen LogP contribution in [0.5, 0.6) is 11.5 Å². The quantitative estimate of drug-likeness (QED) is 0.729. The highest BCUT2D eigenvalue weighted by Crippen LogP contribution is 2.34. The molecular formula is C13H21NO2. The zero-order valence-electron chi connectivity index (χ0n) is 10.1. The van der Waals surface area contributed by atoms with Gasteiger partial charge in [-0.25, -0.2) is 0 Å². The van der Waals surface area contributed by atoms with E-state index in [0.29, 0.717) is 5.75 Å². The Kier molecular flexibility index (Phi) is 5.12. The van der Waals surface area contributed by atoms with E-state index in [2.05, 4.69) is 6.92 Å². The Labute approximate surface area is 97.2 Å². The van der Waals surface area contributed by atoms with Gasteiger partial charge in [-0.3, -0.25) is 0 Å². The molecule has 0 aromatic heterocycles. The van der Waals surface area contributed by atoms with Gasteiger partial charge in [-0.05, 0) is 12.5 Å². The molecule has 3 N–H and O–H groups in total. The molecule has 0 aliphatic heterocycles. The van der Waals surface area contributed by atoms with Crippen LogP contribution in [-0.4, -0.2) is 12.2 Å². The molecule has 1 rings (SSSR count). The van der Waals surface area contributed by atoms with Gasteiger partial charge in [0.05, 0.1) is 7.11 Å². The number of phenols is 1. The molecular weight excluding hydrogens is 202 g/mol. The number of ether oxygens (including phenoxy) is 1. The maximum absolute atomic E-state index is 9.91. The fourth-order valence-electron chi connectivity index (χ4n) is 1.77. The van der Waals surface area contributed by atoms with E-state index in [9.17, 15) is 5.11 Å². The fourth-order valence-corrected chi connectivity index (χ4v) is 1.77. The molecule has 3 nitrogen and oxygen atoms in total. The molecule has 1 aromatic rings. The smallest absolute Gasteiger partial charge is 0.162 e. The van der Waals surface area contributed by atoms with Crippen LogP contribution in [0, 0.1) is 0 Å². The minimum Gasteiger partial charge on any atom is -0.504 e. The highest BCUT2D eigenvalue weighted by molar-refractivity contribution is 5.46. The van der Waals surface area contributed by atoms with Crippen LogP contribution in [0.1, 0.15) is 44.2 Å². The van der Waals surface area contributed by atoms with Crippen molar-refractivity contribution < 1.29 is 9.84 Å². The lowest BCUT2D eigenvalue weighted by atomic mass is 10.00. The van der Waals surface area contributed by atoms with Crippen molar-refractivity contribution in [2.45, 2.75) is 38.6 Å². The standard InChI is InChI=1S/C13H21NO2/c1-3-4-5-8-11(14)10-7-6-9-12(16-2)13(10)15/h6-7,9,11,15H,3-5,8,14H2,1-2H3/t11-/m0/s1. The summed E-state index contributed by atoms with van der Waals surface area (Å²) in [5.41, 5.74) is 6.82. The molecule has 90 valence electrons. The van der Waals surface area contributed by atoms with E-state index in [-0.39, 0.29) is 11.8 Å². The topological polar surface area (TPSA) is 55.5 Å². The minimum atomic E-state index is -0.110. The Balaban J connectivity index is 2.71. The number of nitrogens with two attached hydrogens (primary N) is 1. The number of methoxy groups -OCH3 is 1. The van der Waals surface area contributed by atoms with Crippen LogP contribution >= 0.6 is 0 Å². The van der Waals surface area contributed by atoms with Crippen molar-refractivity contribution >= 4 is 0 Å². The molecule has 0 saturated carbocycles. The Hall–Kier alpha value is -1.22. The maximum Gasteiger partial charge on any atom is 0.162 e. The molecule has 1 atom stereocenters. The van der Waals surface area contributed by atoms with Gasteiger partial charge < -0.3 is 15.6 Å². The summed E-state index contributed by atoms with van der Waals surface area (Å²) in [6.07, 6.45) is 4.35. The van der Waals surface area contributed by atoms with E-state index in [0.717, 1.165) is 18.4 Å². The van der Waals surface area contributed by atoms with Crippen LogP contribution < -0.4 is 10.5 Å². The van der Waals surface area contributed by atoms with E-state index in [1.54, 1.807) is 13.2 Å². The molecule has 1 aromatic carbocycles. The predicted octanol–water partition coefficient (Wildman–Crippen LogP) is 2.98. The highest BCUT2D eigenvalue weighted by Gasteiger charge is 2.13. The van der Waals surface area contributed by atoms with Gasteiger partial charge in [-0.15, -0.1) is 0 Å². The van der Waals surface area contributed by atoms with Gasteiger partial charge in [0.2, 0.25) is 0 Å². The molecule has 0 amide bonds. The fraction of sp³-hybridized carbons (Fsp3) is 0.538. The lowest BCUT2D eigenvalue weighted by Gasteiger charge is -2.15. The van der Waals surface area contributed by atoms with Crippen molar-refractivity contribution in [1.82, 2.24) is 0 Å². The number of phenolic OH excluding ortho intramolecular Hbond substituents is 1. The van der Waals surface area contributed by atoms with Crippen molar-refractivity contribution in [1.29, 1.82) is 0 Å². The van der Waals surface area contributed by atoms with Crippen LogP contribution in [-0.2, 0) is 0 Å². The third-order valence-corrected chi connectivity index (χ3v) is 2.77. The molecule has 16 heavy (non-hydrogen) atoms. The molecule has 0 aliphatic rings. The van der Waals surface area contributed by atoms with Gasteiger partial charge in [0.1, 0.15) is 0 Å². The normalized spacial score (nSPS) is 12.4. The zero-order chi connectivity index (χ0) is 12.0. The lowest BCUT2D eigenvalue weighted by molar-refractivity contribution is 0.367. The third kappa shape index (κ3) is 3.14. The number of hydrogen-bond acceptors (Lipinski definition) is 3. The van der Waals surface area contributed by atoms with Crippen molar-refractivity contribution in [2.75, 3.05) is 7.11 Å². The third-order valence-electron chi connectivity index (χ3n) is 2.77. The SMILES string of the molecule is CCCCC[C@H](N)c1cccc(OC)c1O. The van der Waals surface area contributed by atoms with Gasteiger partial charge >= 0.3 is 0 Å². The van der Waals surface area contributed by atoms with Gasteiger partial charge in [0.15, 0.2) is 11.5 Å². The van der Waals surface area contributed by atoms with Crippen LogP contribution in [0.15, 0.2) is 18.2 Å². The summed E-state index contributed by atoms with van der Waals surface area (Å²) in [6, 6.07) is 5.33. The first-order valence-electron chi connectivity index (χ1n) is 5.82. The first-order valence-corrected chi connectivity index (χ1v) is 5.82. The summed E-state index contributed by atoms with van der Waals surface area (Å²) < 4.78 is 5.06. The van der Waals surface area contributed by atoms with Crippen molar-refractivity contribution in [3.05, 3.63) is 23.8 Å². The second-order valence-electron chi connectivity index (χ2n) is 4.00. The molecule has 0 bridgehead atoms. The second kappa shape index (κ2) is 6.38. The van der Waals surface area contributed by atoms with Gasteiger partial charge in [0.25, 0.3) is 0 Å². The number of unbranched alkanes of at least 4 members (excludes halogenated alkanes) is 2. The summed E-state index contributed by atoms with van der Waals surface area (Å²) in [6.45, 7) is 2.16. The van der Waals surface area contributed by atoms with E-state index < -0.39 is 0 Å². The lowest BCUT2D eigenvalue weighted by Crippen LogP contribution is -2.10. The number of para-hydroxylation sites is 1. The molecule has 0 fully saturated rings. The predicted molar refractivity (Wildman–Crippen MR) is 65.7 cm³/mol. The summed E-state index contributed by atoms with van der Waals surface area (Å²) in [5.74, 6) is 0.664. The number of benzene rings is 1. The zero-order valence-corrected chi connectivity index (χ0v) is 10.1. The summed E-state index contributed by atoms with van der Waals surface area (Å²) >= 11 is 0. The highest BCUT2D eigenvalue weighted by atomic mass is 16.5. The van der Waals surface area contributed by atoms with E-state index in [4.69, 9.17) is 10.5 Å². The van der Waals surface area contributed by atoms with Crippen molar-refractivity contribution in [3.8, 4) is 11.5 Å². The summed E-state index contributed by atoms with van der Waals surface area (Å²) in [7, 11) is 1.54. The largest absolute Gasteiger partial charge is 0.504 e. The van der Waals surface area contributed by atoms with Gasteiger partial charge in [0, 0.05) is 11.6 Å². The van der Waals surface area contributed by atoms with E-state index in [1.165, 1.54) is 12.8 Å². The average Bonchev–Trinajstić information content (AvgIpc) is 2.29. The van der Waals surface area contributed by atoms with Gasteiger partial charge in [-0.1, -0.05) is 38.3 Å². The molecule has 0 radical (unpaired) electrons. The van der Waals surface area contributed by atoms with Crippen LogP contribution in [0.2, 0.25) is 0 Å². The second-order valence-corrected chi connectivity index (χ2v) is 4.00. The number of aromatic hydroxyl groups is 1. The monoisotopic (exact) mass is 223 g/mol. The molecule has 0 saturated heterocycles. The Morgan fingerprint density at radius 3 is 2.75 bits per heavy atom. The first kappa shape index (κ1) is 12.8. The van der Waals surface area contributed by atoms with Crippen molar-refractivity contribution in [3.63, 3.8) is 0 Å². The molecule has 0 spiro atoms. The molecule has 0 heterocycles. The Morgan fingerprint density at radius 2 is 2.12 bits per heavy atom. The van der Waals surface area contributed by atoms with Gasteiger partial charge in [-0.2, -0.15) is 0 Å². The number of rotatable bonds is 6. The first-order chi connectivity index (χ1) is 7.70.